The second-order valence-electron chi connectivity index (χ2n) is 22.1. The molecule has 0 spiro atoms. The molecule has 2 saturated heterocycles. The first-order valence-corrected chi connectivity index (χ1v) is 30.7. The highest BCUT2D eigenvalue weighted by Crippen LogP contribution is 2.37. The Bertz CT molecular complexity index is 2280. The van der Waals surface area contributed by atoms with Gasteiger partial charge in [-0.1, -0.05) is 39.3 Å². The first-order valence-electron chi connectivity index (χ1n) is 23.3. The van der Waals surface area contributed by atoms with E-state index in [1.165, 1.54) is 24.3 Å². The quantitative estimate of drug-likeness (QED) is 0.0569. The van der Waals surface area contributed by atoms with Gasteiger partial charge in [-0.25, -0.2) is 28.3 Å². The maximum absolute atomic E-state index is 16.1. The Morgan fingerprint density at radius 1 is 0.621 bits per heavy atom. The topological polar surface area (TPSA) is 147 Å². The Labute approximate surface area is 389 Å². The van der Waals surface area contributed by atoms with Crippen LogP contribution in [0.1, 0.15) is 125 Å². The highest BCUT2D eigenvalue weighted by Gasteiger charge is 2.38. The molecule has 4 heterocycles. The summed E-state index contributed by atoms with van der Waals surface area (Å²) in [4.78, 5) is 67.2. The van der Waals surface area contributed by atoms with Crippen molar-refractivity contribution < 1.29 is 46.9 Å². The minimum Gasteiger partial charge on any atom is -0.444 e. The fourth-order valence-electron chi connectivity index (χ4n) is 8.25. The van der Waals surface area contributed by atoms with E-state index in [4.69, 9.17) is 28.9 Å². The van der Waals surface area contributed by atoms with Crippen molar-refractivity contribution in [2.75, 3.05) is 26.3 Å². The Kier molecular flexibility index (Phi) is 15.4. The Hall–Kier alpha value is -4.53. The molecule has 2 aromatic heterocycles. The van der Waals surface area contributed by atoms with E-state index in [0.717, 1.165) is 12.1 Å². The summed E-state index contributed by atoms with van der Waals surface area (Å²) >= 11 is 0. The number of ketones is 2. The monoisotopic (exact) mass is 952 g/mol. The molecule has 362 valence electrons. The number of hydrogen-bond donors (Lipinski definition) is 0. The number of rotatable bonds is 17. The van der Waals surface area contributed by atoms with Gasteiger partial charge in [0.2, 0.25) is 0 Å². The van der Waals surface area contributed by atoms with Gasteiger partial charge in [-0.2, -0.15) is 0 Å². The molecule has 2 amide bonds. The zero-order valence-electron chi connectivity index (χ0n) is 41.1. The van der Waals surface area contributed by atoms with Gasteiger partial charge in [0.05, 0.1) is 45.3 Å². The Morgan fingerprint density at radius 2 is 0.985 bits per heavy atom. The van der Waals surface area contributed by atoms with E-state index in [0.29, 0.717) is 85.7 Å². The molecule has 2 atom stereocenters. The molecule has 14 nitrogen and oxygen atoms in total. The number of hydrogen-bond acceptors (Lipinski definition) is 10. The lowest BCUT2D eigenvalue weighted by Gasteiger charge is -2.28. The summed E-state index contributed by atoms with van der Waals surface area (Å²) in [5, 5.41) is 0. The summed E-state index contributed by atoms with van der Waals surface area (Å²) in [5.74, 6) is -1.88. The standard InChI is InChI=1S/C48H70F2N6O8Si2/c1-47(2,3)63-45(59)53-19-13-15-37(53)43-51-35-25-31(33(49)27-39(35)55(43)29-61-21-23-65(7,8)9)41(57)17-18-42(58)32-26-36-40(28-34(32)50)56(30-62-22-24-66(10,11)12)44(52-36)38-16-14-20-54(38)46(60)64-48(4,5)6/h25-28,37-38H,13-24,29-30H2,1-12H3. The zero-order chi connectivity index (χ0) is 48.5. The molecular formula is C48H70F2N6O8Si2. The van der Waals surface area contributed by atoms with Gasteiger partial charge in [0.25, 0.3) is 0 Å². The molecule has 66 heavy (non-hydrogen) atoms. The van der Waals surface area contributed by atoms with Crippen molar-refractivity contribution in [1.29, 1.82) is 0 Å². The van der Waals surface area contributed by atoms with Crippen LogP contribution in [0.5, 0.6) is 0 Å². The van der Waals surface area contributed by atoms with Gasteiger partial charge in [0.1, 0.15) is 47.9 Å². The number of carbonyl (C=O) groups excluding carboxylic acids is 4. The van der Waals surface area contributed by atoms with E-state index < -0.39 is 87.7 Å². The molecule has 2 unspecified atom stereocenters. The molecule has 18 heteroatoms. The predicted octanol–water partition coefficient (Wildman–Crippen LogP) is 11.3. The lowest BCUT2D eigenvalue weighted by molar-refractivity contribution is 0.0196. The van der Waals surface area contributed by atoms with Crippen LogP contribution in [-0.4, -0.2) is 106 Å². The number of halogens is 2. The van der Waals surface area contributed by atoms with Gasteiger partial charge in [-0.3, -0.25) is 19.4 Å². The van der Waals surface area contributed by atoms with Crippen LogP contribution < -0.4 is 0 Å². The van der Waals surface area contributed by atoms with Crippen molar-refractivity contribution in [3.05, 3.63) is 58.7 Å². The van der Waals surface area contributed by atoms with Crippen molar-refractivity contribution in [2.24, 2.45) is 0 Å². The maximum atomic E-state index is 16.1. The van der Waals surface area contributed by atoms with E-state index >= 15 is 8.78 Å². The minimum absolute atomic E-state index is 0.0696. The van der Waals surface area contributed by atoms with Crippen LogP contribution >= 0.6 is 0 Å². The number of ether oxygens (including phenoxy) is 4. The van der Waals surface area contributed by atoms with Crippen LogP contribution in [-0.2, 0) is 32.4 Å². The van der Waals surface area contributed by atoms with Crippen molar-refractivity contribution >= 4 is 62.0 Å². The van der Waals surface area contributed by atoms with Gasteiger partial charge in [-0.15, -0.1) is 0 Å². The molecule has 0 bridgehead atoms. The van der Waals surface area contributed by atoms with Gasteiger partial charge in [0.15, 0.2) is 11.6 Å². The molecule has 2 aliphatic heterocycles. The number of carbonyl (C=O) groups is 4. The SMILES string of the molecule is CC(C)(C)OC(=O)N1CCCC1c1nc2cc(C(=O)CCC(=O)c3cc4nc(C5CCCN5C(=O)OC(C)(C)C)n(COCC[Si](C)(C)C)c4cc3F)c(F)cc2n1COCC[Si](C)(C)C. The molecule has 0 saturated carbocycles. The number of benzene rings is 2. The van der Waals surface area contributed by atoms with E-state index in [-0.39, 0.29) is 24.6 Å². The van der Waals surface area contributed by atoms with Crippen LogP contribution in [0, 0.1) is 11.6 Å². The Balaban J connectivity index is 1.25. The average molecular weight is 953 g/mol. The van der Waals surface area contributed by atoms with E-state index in [9.17, 15) is 19.2 Å². The highest BCUT2D eigenvalue weighted by molar-refractivity contribution is 6.76. The average Bonchev–Trinajstić information content (AvgIpc) is 4.00. The number of nitrogens with zero attached hydrogens (tertiary/aromatic N) is 6. The molecule has 0 radical (unpaired) electrons. The van der Waals surface area contributed by atoms with Gasteiger partial charge < -0.3 is 28.1 Å². The summed E-state index contributed by atoms with van der Waals surface area (Å²) in [5.41, 5.74) is -0.430. The lowest BCUT2D eigenvalue weighted by atomic mass is 10.00. The lowest BCUT2D eigenvalue weighted by Crippen LogP contribution is -2.37. The number of imidazole rings is 2. The first-order chi connectivity index (χ1) is 30.7. The third kappa shape index (κ3) is 12.7. The van der Waals surface area contributed by atoms with Gasteiger partial charge >= 0.3 is 12.2 Å². The van der Waals surface area contributed by atoms with Crippen molar-refractivity contribution in [2.45, 2.75) is 168 Å². The smallest absolute Gasteiger partial charge is 0.410 e. The van der Waals surface area contributed by atoms with Crippen LogP contribution in [0.15, 0.2) is 24.3 Å². The van der Waals surface area contributed by atoms with Gasteiger partial charge in [0, 0.05) is 67.4 Å². The summed E-state index contributed by atoms with van der Waals surface area (Å²) in [7, 11) is -2.84. The largest absolute Gasteiger partial charge is 0.444 e. The van der Waals surface area contributed by atoms with Crippen LogP contribution in [0.4, 0.5) is 18.4 Å². The van der Waals surface area contributed by atoms with E-state index in [1.54, 1.807) is 60.5 Å². The summed E-state index contributed by atoms with van der Waals surface area (Å²) in [6.07, 6.45) is 0.918. The van der Waals surface area contributed by atoms with Crippen LogP contribution in [0.3, 0.4) is 0 Å². The summed E-state index contributed by atoms with van der Waals surface area (Å²) in [6, 6.07) is 6.16. The fourth-order valence-corrected chi connectivity index (χ4v) is 9.76. The molecule has 2 aliphatic rings. The normalized spacial score (nSPS) is 17.4. The summed E-state index contributed by atoms with van der Waals surface area (Å²) in [6.45, 7) is 26.4. The van der Waals surface area contributed by atoms with Gasteiger partial charge in [-0.05, 0) is 91.4 Å². The molecule has 0 N–H and O–H groups in total. The second kappa shape index (κ2) is 20.0. The first kappa shape index (κ1) is 50.9. The fraction of sp³-hybridized carbons (Fsp3) is 0.625. The van der Waals surface area contributed by atoms with Crippen molar-refractivity contribution in [3.63, 3.8) is 0 Å². The molecular weight excluding hydrogens is 883 g/mol. The maximum Gasteiger partial charge on any atom is 0.410 e. The number of fused-ring (bicyclic) bond motifs is 2. The second-order valence-corrected chi connectivity index (χ2v) is 33.4. The molecule has 2 aromatic carbocycles. The number of amides is 2. The third-order valence-corrected chi connectivity index (χ3v) is 15.1. The molecule has 4 aromatic rings. The van der Waals surface area contributed by atoms with Crippen LogP contribution in [0.25, 0.3) is 22.1 Å². The third-order valence-electron chi connectivity index (χ3n) is 11.7. The summed E-state index contributed by atoms with van der Waals surface area (Å²) < 4.78 is 59.4. The molecule has 6 rings (SSSR count). The van der Waals surface area contributed by atoms with E-state index in [1.807, 2.05) is 0 Å². The zero-order valence-corrected chi connectivity index (χ0v) is 43.1. The van der Waals surface area contributed by atoms with Crippen LogP contribution in [0.2, 0.25) is 51.4 Å². The van der Waals surface area contributed by atoms with Crippen molar-refractivity contribution in [3.8, 4) is 0 Å². The number of Topliss-reactive ketones (excluding diaryl/α,β-unsaturated/α-hetero) is 2. The number of aromatic nitrogens is 4. The molecule has 0 aliphatic carbocycles. The highest BCUT2D eigenvalue weighted by atomic mass is 28.3. The number of likely N-dealkylation sites (tertiary alicyclic amines) is 2. The molecule has 2 fully saturated rings. The minimum atomic E-state index is -1.42. The predicted molar refractivity (Wildman–Crippen MR) is 255 cm³/mol. The van der Waals surface area contributed by atoms with E-state index in [2.05, 4.69) is 39.3 Å². The van der Waals surface area contributed by atoms with Crippen molar-refractivity contribution in [1.82, 2.24) is 28.9 Å². The Morgan fingerprint density at radius 3 is 1.32 bits per heavy atom.